The van der Waals surface area contributed by atoms with Crippen LogP contribution in [0, 0.1) is 10.1 Å². The van der Waals surface area contributed by atoms with Crippen LogP contribution in [-0.2, 0) is 0 Å². The summed E-state index contributed by atoms with van der Waals surface area (Å²) in [5.74, 6) is -0.929. The van der Waals surface area contributed by atoms with Gasteiger partial charge in [-0.05, 0) is 49.2 Å². The molecule has 2 aromatic carbocycles. The number of nitrogens with zero attached hydrogens (tertiary/aromatic N) is 3. The highest BCUT2D eigenvalue weighted by molar-refractivity contribution is 6.06. The lowest BCUT2D eigenvalue weighted by Crippen LogP contribution is -2.27. The summed E-state index contributed by atoms with van der Waals surface area (Å²) in [7, 11) is 1.57. The maximum atomic E-state index is 12.8. The maximum Gasteiger partial charge on any atom is 0.293 e. The minimum absolute atomic E-state index is 0.0692. The van der Waals surface area contributed by atoms with Crippen LogP contribution >= 0.6 is 0 Å². The highest BCUT2D eigenvalue weighted by Gasteiger charge is 2.25. The molecular weight excluding hydrogens is 348 g/mol. The van der Waals surface area contributed by atoms with Crippen LogP contribution in [0.1, 0.15) is 33.6 Å². The second-order valence-corrected chi connectivity index (χ2v) is 6.43. The Labute approximate surface area is 156 Å². The van der Waals surface area contributed by atoms with E-state index in [1.165, 1.54) is 23.1 Å². The third-order valence-electron chi connectivity index (χ3n) is 4.71. The summed E-state index contributed by atoms with van der Waals surface area (Å²) in [5.41, 5.74) is 6.81. The van der Waals surface area contributed by atoms with E-state index in [1.807, 2.05) is 4.90 Å². The van der Waals surface area contributed by atoms with Gasteiger partial charge in [0.15, 0.2) is 0 Å². The van der Waals surface area contributed by atoms with Crippen LogP contribution in [0.3, 0.4) is 0 Å². The van der Waals surface area contributed by atoms with Crippen molar-refractivity contribution in [3.05, 3.63) is 63.7 Å². The summed E-state index contributed by atoms with van der Waals surface area (Å²) in [5, 5.41) is 11.5. The number of carbonyl (C=O) groups is 2. The molecule has 0 aliphatic carbocycles. The first-order valence-electron chi connectivity index (χ1n) is 8.60. The van der Waals surface area contributed by atoms with Crippen LogP contribution in [-0.4, -0.2) is 36.9 Å². The molecule has 2 N–H and O–H groups in total. The van der Waals surface area contributed by atoms with Gasteiger partial charge < -0.3 is 15.5 Å². The third kappa shape index (κ3) is 3.74. The molecule has 0 bridgehead atoms. The second kappa shape index (κ2) is 7.45. The van der Waals surface area contributed by atoms with Gasteiger partial charge in [-0.25, -0.2) is 0 Å². The fraction of sp³-hybridized carbons (Fsp3) is 0.263. The Morgan fingerprint density at radius 2 is 1.67 bits per heavy atom. The van der Waals surface area contributed by atoms with E-state index in [4.69, 9.17) is 5.73 Å². The topological polar surface area (TPSA) is 110 Å². The predicted octanol–water partition coefficient (Wildman–Crippen LogP) is 2.57. The molecule has 0 radical (unpaired) electrons. The number of hydrogen-bond donors (Lipinski definition) is 1. The van der Waals surface area contributed by atoms with Crippen molar-refractivity contribution in [3.8, 4) is 0 Å². The molecule has 2 aromatic rings. The van der Waals surface area contributed by atoms with Crippen molar-refractivity contribution >= 4 is 28.9 Å². The summed E-state index contributed by atoms with van der Waals surface area (Å²) in [6.45, 7) is 1.56. The molecule has 1 heterocycles. The number of amides is 2. The summed E-state index contributed by atoms with van der Waals surface area (Å²) in [6, 6.07) is 10.8. The molecule has 1 aliphatic rings. The number of anilines is 2. The van der Waals surface area contributed by atoms with Crippen LogP contribution in [0.25, 0.3) is 0 Å². The summed E-state index contributed by atoms with van der Waals surface area (Å²) in [4.78, 5) is 38.3. The molecule has 3 rings (SSSR count). The van der Waals surface area contributed by atoms with Crippen LogP contribution in [0.2, 0.25) is 0 Å². The molecule has 0 aromatic heterocycles. The van der Waals surface area contributed by atoms with Crippen LogP contribution in [0.5, 0.6) is 0 Å². The zero-order valence-corrected chi connectivity index (χ0v) is 14.9. The Bertz CT molecular complexity index is 889. The Morgan fingerprint density at radius 3 is 2.22 bits per heavy atom. The lowest BCUT2D eigenvalue weighted by Gasteiger charge is -2.20. The smallest absolute Gasteiger partial charge is 0.293 e. The SMILES string of the molecule is CN(C(=O)c1ccc(N2CCCC2)c([N+](=O)[O-])c1)c1ccc(C(N)=O)cc1. The summed E-state index contributed by atoms with van der Waals surface area (Å²) < 4.78 is 0. The maximum absolute atomic E-state index is 12.8. The fourth-order valence-electron chi connectivity index (χ4n) is 3.19. The van der Waals surface area contributed by atoms with Gasteiger partial charge in [-0.1, -0.05) is 0 Å². The van der Waals surface area contributed by atoms with Crippen LogP contribution < -0.4 is 15.5 Å². The molecule has 1 aliphatic heterocycles. The minimum atomic E-state index is -0.552. The van der Waals surface area contributed by atoms with E-state index in [2.05, 4.69) is 0 Å². The molecule has 2 amide bonds. The Hall–Kier alpha value is -3.42. The van der Waals surface area contributed by atoms with Crippen LogP contribution in [0.15, 0.2) is 42.5 Å². The van der Waals surface area contributed by atoms with E-state index in [0.717, 1.165) is 25.9 Å². The Kier molecular flexibility index (Phi) is 5.07. The first-order chi connectivity index (χ1) is 12.9. The van der Waals surface area contributed by atoms with E-state index >= 15 is 0 Å². The first-order valence-corrected chi connectivity index (χ1v) is 8.60. The van der Waals surface area contributed by atoms with Gasteiger partial charge >= 0.3 is 0 Å². The van der Waals surface area contributed by atoms with Crippen molar-refractivity contribution in [2.45, 2.75) is 12.8 Å². The average Bonchev–Trinajstić information content (AvgIpc) is 3.21. The zero-order chi connectivity index (χ0) is 19.6. The van der Waals surface area contributed by atoms with Gasteiger partial charge in [-0.3, -0.25) is 19.7 Å². The minimum Gasteiger partial charge on any atom is -0.366 e. The molecule has 8 nitrogen and oxygen atoms in total. The van der Waals surface area contributed by atoms with E-state index in [0.29, 0.717) is 16.9 Å². The predicted molar refractivity (Wildman–Crippen MR) is 102 cm³/mol. The van der Waals surface area contributed by atoms with Crippen LogP contribution in [0.4, 0.5) is 17.1 Å². The van der Waals surface area contributed by atoms with Gasteiger partial charge in [-0.15, -0.1) is 0 Å². The number of hydrogen-bond acceptors (Lipinski definition) is 5. The number of nitro groups is 1. The van der Waals surface area contributed by atoms with Gasteiger partial charge in [0, 0.05) is 43.0 Å². The van der Waals surface area contributed by atoms with E-state index in [1.54, 1.807) is 31.3 Å². The summed E-state index contributed by atoms with van der Waals surface area (Å²) in [6.07, 6.45) is 2.00. The molecule has 8 heteroatoms. The van der Waals surface area contributed by atoms with Gasteiger partial charge in [0.2, 0.25) is 5.91 Å². The van der Waals surface area contributed by atoms with Gasteiger partial charge in [0.05, 0.1) is 4.92 Å². The number of nitrogens with two attached hydrogens (primary N) is 1. The average molecular weight is 368 g/mol. The molecular formula is C19H20N4O4. The second-order valence-electron chi connectivity index (χ2n) is 6.43. The molecule has 0 saturated carbocycles. The monoisotopic (exact) mass is 368 g/mol. The van der Waals surface area contributed by atoms with Crippen molar-refractivity contribution in [2.75, 3.05) is 29.9 Å². The molecule has 1 saturated heterocycles. The number of rotatable bonds is 5. The van der Waals surface area contributed by atoms with E-state index < -0.39 is 10.8 Å². The standard InChI is InChI=1S/C19H20N4O4/c1-21(15-7-4-13(5-8-15)18(20)24)19(25)14-6-9-16(17(12-14)23(26)27)22-10-2-3-11-22/h4-9,12H,2-3,10-11H2,1H3,(H2,20,24). The normalized spacial score (nSPS) is 13.4. The van der Waals surface area contributed by atoms with Crippen molar-refractivity contribution in [2.24, 2.45) is 5.73 Å². The molecule has 1 fully saturated rings. The molecule has 0 atom stereocenters. The quantitative estimate of drug-likeness (QED) is 0.644. The Morgan fingerprint density at radius 1 is 1.07 bits per heavy atom. The lowest BCUT2D eigenvalue weighted by molar-refractivity contribution is -0.384. The first kappa shape index (κ1) is 18.4. The number of benzene rings is 2. The van der Waals surface area contributed by atoms with E-state index in [9.17, 15) is 19.7 Å². The fourth-order valence-corrected chi connectivity index (χ4v) is 3.19. The number of nitro benzene ring substituents is 1. The third-order valence-corrected chi connectivity index (χ3v) is 4.71. The molecule has 0 spiro atoms. The van der Waals surface area contributed by atoms with Crippen molar-refractivity contribution in [3.63, 3.8) is 0 Å². The van der Waals surface area contributed by atoms with Crippen molar-refractivity contribution in [1.82, 2.24) is 0 Å². The molecule has 0 unspecified atom stereocenters. The van der Waals surface area contributed by atoms with Gasteiger partial charge in [0.25, 0.3) is 11.6 Å². The number of carbonyl (C=O) groups excluding carboxylic acids is 2. The van der Waals surface area contributed by atoms with E-state index in [-0.39, 0.29) is 17.2 Å². The molecule has 27 heavy (non-hydrogen) atoms. The highest BCUT2D eigenvalue weighted by Crippen LogP contribution is 2.32. The largest absolute Gasteiger partial charge is 0.366 e. The lowest BCUT2D eigenvalue weighted by atomic mass is 10.1. The highest BCUT2D eigenvalue weighted by atomic mass is 16.6. The van der Waals surface area contributed by atoms with Crippen molar-refractivity contribution in [1.29, 1.82) is 0 Å². The molecule has 140 valence electrons. The number of primary amides is 1. The van der Waals surface area contributed by atoms with Crippen molar-refractivity contribution < 1.29 is 14.5 Å². The van der Waals surface area contributed by atoms with Gasteiger partial charge in [0.1, 0.15) is 5.69 Å². The summed E-state index contributed by atoms with van der Waals surface area (Å²) >= 11 is 0. The van der Waals surface area contributed by atoms with Gasteiger partial charge in [-0.2, -0.15) is 0 Å². The zero-order valence-electron chi connectivity index (χ0n) is 14.9. The Balaban J connectivity index is 1.88.